The molecule has 1 unspecified atom stereocenters. The van der Waals surface area contributed by atoms with E-state index in [4.69, 9.17) is 0 Å². The van der Waals surface area contributed by atoms with Gasteiger partial charge in [0, 0.05) is 0 Å². The van der Waals surface area contributed by atoms with E-state index in [0.717, 1.165) is 5.92 Å². The Labute approximate surface area is 147 Å². The van der Waals surface area contributed by atoms with Crippen LogP contribution in [0, 0.1) is 5.41 Å². The SMILES string of the molecule is c1ccc(CC2(C3CCCc4ccccc43)CCCCCC2)cc1. The highest BCUT2D eigenvalue weighted by Crippen LogP contribution is 2.52. The zero-order valence-electron chi connectivity index (χ0n) is 14.8. The van der Waals surface area contributed by atoms with Crippen molar-refractivity contribution in [1.82, 2.24) is 0 Å². The first-order valence-electron chi connectivity index (χ1n) is 9.99. The van der Waals surface area contributed by atoms with Crippen LogP contribution < -0.4 is 0 Å². The number of aryl methyl sites for hydroxylation is 1. The van der Waals surface area contributed by atoms with Gasteiger partial charge in [-0.25, -0.2) is 0 Å². The molecule has 0 amide bonds. The van der Waals surface area contributed by atoms with E-state index in [1.54, 1.807) is 16.7 Å². The fraction of sp³-hybridized carbons (Fsp3) is 0.500. The molecule has 0 aliphatic heterocycles. The molecule has 24 heavy (non-hydrogen) atoms. The van der Waals surface area contributed by atoms with E-state index in [2.05, 4.69) is 54.6 Å². The van der Waals surface area contributed by atoms with Crippen LogP contribution in [0.25, 0.3) is 0 Å². The van der Waals surface area contributed by atoms with Gasteiger partial charge in [-0.05, 0) is 66.5 Å². The predicted molar refractivity (Wildman–Crippen MR) is 102 cm³/mol. The Morgan fingerprint density at radius 2 is 1.46 bits per heavy atom. The molecular formula is C24H30. The maximum absolute atomic E-state index is 2.44. The van der Waals surface area contributed by atoms with E-state index in [1.807, 2.05) is 0 Å². The molecule has 1 atom stereocenters. The van der Waals surface area contributed by atoms with E-state index < -0.39 is 0 Å². The highest BCUT2D eigenvalue weighted by atomic mass is 14.4. The van der Waals surface area contributed by atoms with Crippen molar-refractivity contribution in [2.45, 2.75) is 70.1 Å². The maximum Gasteiger partial charge on any atom is -0.00993 e. The van der Waals surface area contributed by atoms with Gasteiger partial charge in [0.2, 0.25) is 0 Å². The molecule has 2 aliphatic rings. The summed E-state index contributed by atoms with van der Waals surface area (Å²) in [5, 5.41) is 0. The van der Waals surface area contributed by atoms with Gasteiger partial charge in [-0.2, -0.15) is 0 Å². The smallest absolute Gasteiger partial charge is 0.00993 e. The Balaban J connectivity index is 1.73. The first kappa shape index (κ1) is 15.9. The van der Waals surface area contributed by atoms with Gasteiger partial charge in [-0.15, -0.1) is 0 Å². The third-order valence-corrected chi connectivity index (χ3v) is 6.61. The lowest BCUT2D eigenvalue weighted by Gasteiger charge is -2.44. The van der Waals surface area contributed by atoms with Crippen LogP contribution in [0.2, 0.25) is 0 Å². The topological polar surface area (TPSA) is 0 Å². The predicted octanol–water partition coefficient (Wildman–Crippen LogP) is 6.69. The first-order valence-corrected chi connectivity index (χ1v) is 9.99. The van der Waals surface area contributed by atoms with Crippen LogP contribution in [0.5, 0.6) is 0 Å². The molecule has 0 spiro atoms. The van der Waals surface area contributed by atoms with Crippen molar-refractivity contribution < 1.29 is 0 Å². The molecule has 2 aromatic carbocycles. The van der Waals surface area contributed by atoms with Crippen molar-refractivity contribution in [2.24, 2.45) is 5.41 Å². The van der Waals surface area contributed by atoms with E-state index in [0.29, 0.717) is 5.41 Å². The number of rotatable bonds is 3. The lowest BCUT2D eigenvalue weighted by atomic mass is 9.60. The molecule has 4 rings (SSSR count). The van der Waals surface area contributed by atoms with Crippen molar-refractivity contribution in [3.63, 3.8) is 0 Å². The Hall–Kier alpha value is -1.56. The third kappa shape index (κ3) is 3.16. The van der Waals surface area contributed by atoms with Crippen LogP contribution in [0.15, 0.2) is 54.6 Å². The summed E-state index contributed by atoms with van der Waals surface area (Å²) in [7, 11) is 0. The molecule has 0 saturated heterocycles. The summed E-state index contributed by atoms with van der Waals surface area (Å²) >= 11 is 0. The van der Waals surface area contributed by atoms with E-state index in [9.17, 15) is 0 Å². The molecule has 126 valence electrons. The average molecular weight is 319 g/mol. The Morgan fingerprint density at radius 3 is 2.25 bits per heavy atom. The maximum atomic E-state index is 2.44. The molecule has 0 N–H and O–H groups in total. The van der Waals surface area contributed by atoms with Crippen molar-refractivity contribution in [3.8, 4) is 0 Å². The van der Waals surface area contributed by atoms with Crippen molar-refractivity contribution in [3.05, 3.63) is 71.3 Å². The second-order valence-electron chi connectivity index (χ2n) is 8.08. The molecule has 0 heteroatoms. The van der Waals surface area contributed by atoms with Crippen LogP contribution >= 0.6 is 0 Å². The minimum atomic E-state index is 0.481. The normalized spacial score (nSPS) is 23.2. The lowest BCUT2D eigenvalue weighted by Crippen LogP contribution is -2.33. The van der Waals surface area contributed by atoms with E-state index in [1.165, 1.54) is 64.2 Å². The molecule has 0 heterocycles. The highest BCUT2D eigenvalue weighted by Gasteiger charge is 2.41. The fourth-order valence-corrected chi connectivity index (χ4v) is 5.47. The quantitative estimate of drug-likeness (QED) is 0.553. The summed E-state index contributed by atoms with van der Waals surface area (Å²) in [5.41, 5.74) is 5.34. The van der Waals surface area contributed by atoms with Crippen LogP contribution in [0.4, 0.5) is 0 Å². The van der Waals surface area contributed by atoms with Gasteiger partial charge in [0.25, 0.3) is 0 Å². The van der Waals surface area contributed by atoms with Crippen molar-refractivity contribution in [1.29, 1.82) is 0 Å². The van der Waals surface area contributed by atoms with Gasteiger partial charge in [0.05, 0.1) is 0 Å². The Bertz CT molecular complexity index is 647. The molecule has 0 radical (unpaired) electrons. The molecule has 0 nitrogen and oxygen atoms in total. The minimum absolute atomic E-state index is 0.481. The second-order valence-corrected chi connectivity index (χ2v) is 8.08. The first-order chi connectivity index (χ1) is 11.9. The van der Waals surface area contributed by atoms with Gasteiger partial charge in [-0.3, -0.25) is 0 Å². The summed E-state index contributed by atoms with van der Waals surface area (Å²) in [6.07, 6.45) is 13.9. The number of hydrogen-bond acceptors (Lipinski definition) is 0. The summed E-state index contributed by atoms with van der Waals surface area (Å²) < 4.78 is 0. The molecule has 2 aromatic rings. The Kier molecular flexibility index (Phi) is 4.74. The summed E-state index contributed by atoms with van der Waals surface area (Å²) in [4.78, 5) is 0. The molecule has 0 bridgehead atoms. The fourth-order valence-electron chi connectivity index (χ4n) is 5.47. The number of fused-ring (bicyclic) bond motifs is 1. The zero-order chi connectivity index (χ0) is 16.2. The van der Waals surface area contributed by atoms with Crippen LogP contribution in [-0.4, -0.2) is 0 Å². The standard InChI is InChI=1S/C24H30/c1-2-9-18-24(17-8-1,19-20-11-4-3-5-12-20)23-16-10-14-21-13-6-7-15-22(21)23/h3-7,11-13,15,23H,1-2,8-10,14,16-19H2. The largest absolute Gasteiger partial charge is 0.0622 e. The van der Waals surface area contributed by atoms with Crippen molar-refractivity contribution >= 4 is 0 Å². The molecule has 1 saturated carbocycles. The molecule has 0 aromatic heterocycles. The molecule has 1 fully saturated rings. The summed E-state index contributed by atoms with van der Waals surface area (Å²) in [6, 6.07) is 20.6. The van der Waals surface area contributed by atoms with Crippen LogP contribution in [0.3, 0.4) is 0 Å². The van der Waals surface area contributed by atoms with Crippen LogP contribution in [0.1, 0.15) is 74.0 Å². The van der Waals surface area contributed by atoms with Gasteiger partial charge in [0.15, 0.2) is 0 Å². The number of benzene rings is 2. The summed E-state index contributed by atoms with van der Waals surface area (Å²) in [5.74, 6) is 0.765. The van der Waals surface area contributed by atoms with Crippen molar-refractivity contribution in [2.75, 3.05) is 0 Å². The second kappa shape index (κ2) is 7.13. The summed E-state index contributed by atoms with van der Waals surface area (Å²) in [6.45, 7) is 0. The lowest BCUT2D eigenvalue weighted by molar-refractivity contribution is 0.168. The number of hydrogen-bond donors (Lipinski definition) is 0. The highest BCUT2D eigenvalue weighted by molar-refractivity contribution is 5.35. The minimum Gasteiger partial charge on any atom is -0.0622 e. The van der Waals surface area contributed by atoms with Gasteiger partial charge >= 0.3 is 0 Å². The molecule has 2 aliphatic carbocycles. The molecular weight excluding hydrogens is 288 g/mol. The van der Waals surface area contributed by atoms with Crippen LogP contribution in [-0.2, 0) is 12.8 Å². The van der Waals surface area contributed by atoms with E-state index >= 15 is 0 Å². The zero-order valence-corrected chi connectivity index (χ0v) is 14.8. The average Bonchev–Trinajstić information content (AvgIpc) is 2.88. The monoisotopic (exact) mass is 318 g/mol. The van der Waals surface area contributed by atoms with E-state index in [-0.39, 0.29) is 0 Å². The third-order valence-electron chi connectivity index (χ3n) is 6.61. The van der Waals surface area contributed by atoms with Gasteiger partial charge in [0.1, 0.15) is 0 Å². The van der Waals surface area contributed by atoms with Gasteiger partial charge in [-0.1, -0.05) is 80.3 Å². The van der Waals surface area contributed by atoms with Gasteiger partial charge < -0.3 is 0 Å². The Morgan fingerprint density at radius 1 is 0.750 bits per heavy atom.